The van der Waals surface area contributed by atoms with E-state index in [1.54, 1.807) is 24.4 Å². The summed E-state index contributed by atoms with van der Waals surface area (Å²) in [6, 6.07) is 9.57. The van der Waals surface area contributed by atoms with Crippen molar-refractivity contribution < 1.29 is 50.6 Å². The van der Waals surface area contributed by atoms with Crippen LogP contribution in [0, 0.1) is 11.3 Å². The maximum absolute atomic E-state index is 10.6. The van der Waals surface area contributed by atoms with Crippen LogP contribution in [0.3, 0.4) is 0 Å². The predicted octanol–water partition coefficient (Wildman–Crippen LogP) is 4.40. The van der Waals surface area contributed by atoms with Crippen LogP contribution in [-0.2, 0) is 9.59 Å². The molecule has 3 aromatic heterocycles. The molecule has 0 atom stereocenters. The van der Waals surface area contributed by atoms with Crippen LogP contribution in [0.15, 0.2) is 47.3 Å². The lowest BCUT2D eigenvalue weighted by molar-refractivity contribution is -0.193. The number of piperidine rings is 1. The first kappa shape index (κ1) is 32.3. The lowest BCUT2D eigenvalue weighted by atomic mass is 10.1. The van der Waals surface area contributed by atoms with E-state index in [2.05, 4.69) is 32.6 Å². The number of hydrogen-bond donors (Lipinski definition) is 4. The number of carboxylic acids is 2. The summed E-state index contributed by atoms with van der Waals surface area (Å²) in [7, 11) is 0. The molecule has 4 heterocycles. The Kier molecular flexibility index (Phi) is 9.93. The van der Waals surface area contributed by atoms with Gasteiger partial charge < -0.3 is 25.7 Å². The van der Waals surface area contributed by atoms with Gasteiger partial charge in [-0.1, -0.05) is 0 Å². The Bertz CT molecular complexity index is 1610. The van der Waals surface area contributed by atoms with Crippen LogP contribution in [0.2, 0.25) is 0 Å². The predicted molar refractivity (Wildman–Crippen MR) is 136 cm³/mol. The number of benzene rings is 1. The first-order valence-corrected chi connectivity index (χ1v) is 12.0. The van der Waals surface area contributed by atoms with Crippen molar-refractivity contribution in [2.75, 3.05) is 18.8 Å². The lowest BCUT2D eigenvalue weighted by Crippen LogP contribution is -2.29. The van der Waals surface area contributed by atoms with Gasteiger partial charge in [-0.2, -0.15) is 36.7 Å². The van der Waals surface area contributed by atoms with E-state index in [0.29, 0.717) is 40.0 Å². The molecule has 4 aromatic rings. The molecular formula is C25H21F6N7O5. The number of carbonyl (C=O) groups is 2. The quantitative estimate of drug-likeness (QED) is 0.239. The summed E-state index contributed by atoms with van der Waals surface area (Å²) in [6.45, 7) is 2.03. The fraction of sp³-hybridized carbons (Fsp3) is 0.280. The number of fused-ring (bicyclic) bond motifs is 1. The highest BCUT2D eigenvalue weighted by molar-refractivity contribution is 5.81. The summed E-state index contributed by atoms with van der Waals surface area (Å²) >= 11 is 0. The Morgan fingerprint density at radius 3 is 2.19 bits per heavy atom. The number of hydrogen-bond acceptors (Lipinski definition) is 9. The number of nitriles is 1. The monoisotopic (exact) mass is 613 g/mol. The summed E-state index contributed by atoms with van der Waals surface area (Å²) in [4.78, 5) is 26.6. The van der Waals surface area contributed by atoms with Gasteiger partial charge in [0.05, 0.1) is 29.4 Å². The number of aromatic nitrogens is 4. The highest BCUT2D eigenvalue weighted by atomic mass is 19.4. The molecule has 228 valence electrons. The number of halogens is 6. The molecule has 43 heavy (non-hydrogen) atoms. The van der Waals surface area contributed by atoms with Crippen LogP contribution in [0.5, 0.6) is 0 Å². The number of rotatable bonds is 3. The van der Waals surface area contributed by atoms with E-state index in [-0.39, 0.29) is 0 Å². The molecule has 1 aliphatic heterocycles. The number of pyridine rings is 1. The second-order valence-electron chi connectivity index (χ2n) is 8.77. The zero-order valence-corrected chi connectivity index (χ0v) is 21.6. The molecule has 5 N–H and O–H groups in total. The van der Waals surface area contributed by atoms with Gasteiger partial charge in [-0.15, -0.1) is 0 Å². The minimum atomic E-state index is -5.08. The van der Waals surface area contributed by atoms with E-state index >= 15 is 0 Å². The molecule has 1 fully saturated rings. The van der Waals surface area contributed by atoms with E-state index in [1.807, 2.05) is 16.9 Å². The third-order valence-electron chi connectivity index (χ3n) is 5.77. The number of aliphatic carboxylic acids is 2. The van der Waals surface area contributed by atoms with Gasteiger partial charge in [0, 0.05) is 23.5 Å². The zero-order valence-electron chi connectivity index (χ0n) is 21.6. The molecular weight excluding hydrogens is 592 g/mol. The van der Waals surface area contributed by atoms with Crippen LogP contribution in [0.1, 0.15) is 24.4 Å². The number of nitrogen functional groups attached to an aromatic ring is 1. The molecule has 5 rings (SSSR count). The maximum atomic E-state index is 10.6. The molecule has 0 unspecified atom stereocenters. The van der Waals surface area contributed by atoms with E-state index in [9.17, 15) is 26.3 Å². The van der Waals surface area contributed by atoms with Crippen molar-refractivity contribution in [1.29, 1.82) is 5.26 Å². The second kappa shape index (κ2) is 13.2. The van der Waals surface area contributed by atoms with Crippen LogP contribution >= 0.6 is 0 Å². The minimum Gasteiger partial charge on any atom is -0.475 e. The fourth-order valence-electron chi connectivity index (χ4n) is 3.67. The second-order valence-corrected chi connectivity index (χ2v) is 8.77. The molecule has 0 aliphatic carbocycles. The molecule has 0 radical (unpaired) electrons. The maximum Gasteiger partial charge on any atom is 0.490 e. The number of carboxylic acid groups (broad SMARTS) is 2. The van der Waals surface area contributed by atoms with Crippen LogP contribution in [0.25, 0.3) is 33.7 Å². The Labute approximate surface area is 237 Å². The van der Waals surface area contributed by atoms with Crippen LogP contribution < -0.4 is 11.1 Å². The lowest BCUT2D eigenvalue weighted by Gasteiger charge is -2.22. The SMILES string of the molecule is N#Cc1ccc2oc(-c3cc(-c4cnn(C5CCNCC5)c4)cnc3N)nc2c1.O=C(O)C(F)(F)F.O=C(O)C(F)(F)F. The van der Waals surface area contributed by atoms with Crippen molar-refractivity contribution in [2.45, 2.75) is 31.2 Å². The number of anilines is 1. The molecule has 0 spiro atoms. The van der Waals surface area contributed by atoms with Crippen molar-refractivity contribution in [2.24, 2.45) is 0 Å². The molecule has 1 aliphatic rings. The van der Waals surface area contributed by atoms with Gasteiger partial charge in [0.15, 0.2) is 5.58 Å². The smallest absolute Gasteiger partial charge is 0.475 e. The number of nitrogens with zero attached hydrogens (tertiary/aromatic N) is 5. The van der Waals surface area contributed by atoms with Crippen molar-refractivity contribution >= 4 is 28.9 Å². The Morgan fingerprint density at radius 2 is 1.63 bits per heavy atom. The number of nitrogens with one attached hydrogen (secondary N) is 1. The van der Waals surface area contributed by atoms with Gasteiger partial charge in [-0.25, -0.2) is 19.6 Å². The number of nitrogens with two attached hydrogens (primary N) is 1. The Balaban J connectivity index is 0.000000303. The van der Waals surface area contributed by atoms with Gasteiger partial charge in [0.25, 0.3) is 0 Å². The summed E-state index contributed by atoms with van der Waals surface area (Å²) in [5, 5.41) is 31.3. The summed E-state index contributed by atoms with van der Waals surface area (Å²) in [5.41, 5.74) is 10.3. The largest absolute Gasteiger partial charge is 0.490 e. The average Bonchev–Trinajstić information content (AvgIpc) is 3.61. The van der Waals surface area contributed by atoms with Gasteiger partial charge in [0.2, 0.25) is 5.89 Å². The van der Waals surface area contributed by atoms with Gasteiger partial charge >= 0.3 is 24.3 Å². The van der Waals surface area contributed by atoms with Gasteiger partial charge in [-0.3, -0.25) is 4.68 Å². The fourth-order valence-corrected chi connectivity index (χ4v) is 3.67. The van der Waals surface area contributed by atoms with E-state index in [4.69, 9.17) is 35.2 Å². The molecule has 0 amide bonds. The molecule has 1 saturated heterocycles. The first-order valence-electron chi connectivity index (χ1n) is 12.0. The minimum absolute atomic E-state index is 0.339. The highest BCUT2D eigenvalue weighted by Crippen LogP contribution is 2.32. The summed E-state index contributed by atoms with van der Waals surface area (Å²) in [6.07, 6.45) is -2.39. The number of alkyl halides is 6. The highest BCUT2D eigenvalue weighted by Gasteiger charge is 2.38. The first-order chi connectivity index (χ1) is 20.1. The summed E-state index contributed by atoms with van der Waals surface area (Å²) in [5.74, 6) is -4.79. The Morgan fingerprint density at radius 1 is 1.02 bits per heavy atom. The van der Waals surface area contributed by atoms with Crippen molar-refractivity contribution in [3.63, 3.8) is 0 Å². The van der Waals surface area contributed by atoms with E-state index in [0.717, 1.165) is 37.1 Å². The van der Waals surface area contributed by atoms with Crippen molar-refractivity contribution in [3.8, 4) is 28.7 Å². The zero-order chi connectivity index (χ0) is 31.9. The average molecular weight is 613 g/mol. The van der Waals surface area contributed by atoms with E-state index < -0.39 is 24.3 Å². The number of oxazole rings is 1. The van der Waals surface area contributed by atoms with Crippen LogP contribution in [0.4, 0.5) is 32.2 Å². The van der Waals surface area contributed by atoms with Crippen LogP contribution in [-0.4, -0.2) is 67.3 Å². The Hall–Kier alpha value is -5.18. The third-order valence-corrected chi connectivity index (χ3v) is 5.77. The third kappa shape index (κ3) is 8.65. The van der Waals surface area contributed by atoms with E-state index in [1.165, 1.54) is 0 Å². The molecule has 1 aromatic carbocycles. The van der Waals surface area contributed by atoms with Gasteiger partial charge in [0.1, 0.15) is 11.3 Å². The molecule has 12 nitrogen and oxygen atoms in total. The summed E-state index contributed by atoms with van der Waals surface area (Å²) < 4.78 is 71.4. The van der Waals surface area contributed by atoms with Gasteiger partial charge in [-0.05, 0) is 50.2 Å². The van der Waals surface area contributed by atoms with Crippen molar-refractivity contribution in [1.82, 2.24) is 25.1 Å². The van der Waals surface area contributed by atoms with Crippen molar-refractivity contribution in [3.05, 3.63) is 48.4 Å². The molecule has 0 saturated carbocycles. The standard InChI is InChI=1S/C21H19N7O.2C2HF3O2/c22-9-13-1-2-19-18(7-13)27-21(29-19)17-8-14(10-25-20(17)23)15-11-26-28(12-15)16-3-5-24-6-4-16;2*3-2(4,5)1(6)7/h1-2,7-8,10-12,16,24H,3-6H2,(H2,23,25);2*(H,6,7). The normalized spacial score (nSPS) is 13.7. The molecule has 18 heteroatoms. The molecule has 0 bridgehead atoms. The topological polar surface area (TPSA) is 193 Å².